The monoisotopic (exact) mass is 562 g/mol. The summed E-state index contributed by atoms with van der Waals surface area (Å²) in [7, 11) is -1.87. The number of hydrogen-bond acceptors (Lipinski definition) is 6. The Labute approximate surface area is 201 Å². The van der Waals surface area contributed by atoms with Crippen LogP contribution in [0, 0.1) is 0 Å². The first-order valence-electron chi connectivity index (χ1n) is 10.2. The van der Waals surface area contributed by atoms with Crippen molar-refractivity contribution in [2.24, 2.45) is 4.99 Å². The third kappa shape index (κ3) is 7.74. The Bertz CT molecular complexity index is 887. The van der Waals surface area contributed by atoms with Gasteiger partial charge in [0, 0.05) is 39.1 Å². The van der Waals surface area contributed by atoms with Crippen molar-refractivity contribution in [3.8, 4) is 0 Å². The zero-order chi connectivity index (χ0) is 21.2. The minimum atomic E-state index is -3.57. The van der Waals surface area contributed by atoms with Gasteiger partial charge in [-0.3, -0.25) is 14.9 Å². The summed E-state index contributed by atoms with van der Waals surface area (Å²) in [6.45, 7) is 3.37. The van der Waals surface area contributed by atoms with Crippen LogP contribution < -0.4 is 15.4 Å². The molecule has 2 aromatic heterocycles. The number of rotatable bonds is 9. The zero-order valence-corrected chi connectivity index (χ0v) is 20.8. The summed E-state index contributed by atoms with van der Waals surface area (Å²) in [5.74, 6) is 1.55. The largest absolute Gasteiger partial charge is 0.468 e. The number of pyridine rings is 1. The van der Waals surface area contributed by atoms with Gasteiger partial charge in [-0.05, 0) is 50.2 Å². The van der Waals surface area contributed by atoms with Crippen LogP contribution in [0.15, 0.2) is 57.2 Å². The Hall–Kier alpha value is -1.70. The molecule has 3 heterocycles. The van der Waals surface area contributed by atoms with Crippen molar-refractivity contribution < 1.29 is 12.8 Å². The van der Waals surface area contributed by atoms with Crippen molar-refractivity contribution in [1.82, 2.24) is 25.2 Å². The fraction of sp³-hybridized carbons (Fsp3) is 0.500. The van der Waals surface area contributed by atoms with E-state index in [1.54, 1.807) is 19.4 Å². The van der Waals surface area contributed by atoms with Crippen molar-refractivity contribution >= 4 is 40.0 Å². The van der Waals surface area contributed by atoms with Gasteiger partial charge in [0.25, 0.3) is 0 Å². The van der Waals surface area contributed by atoms with Gasteiger partial charge in [-0.25, -0.2) is 13.1 Å². The molecule has 172 valence electrons. The number of nitrogens with one attached hydrogen (secondary N) is 3. The SMILES string of the molecule is CN=C(NCCNS(=O)(=O)c1cccnc1)NCC(c1ccco1)N1CCCCC1.I. The van der Waals surface area contributed by atoms with E-state index in [0.29, 0.717) is 19.0 Å². The molecule has 3 N–H and O–H groups in total. The molecule has 0 amide bonds. The number of halogens is 1. The predicted molar refractivity (Wildman–Crippen MR) is 131 cm³/mol. The normalized spacial score (nSPS) is 16.4. The average Bonchev–Trinajstić information content (AvgIpc) is 3.31. The number of nitrogens with zero attached hydrogens (tertiary/aromatic N) is 3. The average molecular weight is 562 g/mol. The fourth-order valence-electron chi connectivity index (χ4n) is 3.49. The van der Waals surface area contributed by atoms with Crippen LogP contribution in [-0.4, -0.2) is 64.0 Å². The summed E-state index contributed by atoms with van der Waals surface area (Å²) in [4.78, 5) is 10.7. The van der Waals surface area contributed by atoms with Crippen molar-refractivity contribution in [1.29, 1.82) is 0 Å². The maximum absolute atomic E-state index is 12.2. The lowest BCUT2D eigenvalue weighted by atomic mass is 10.1. The van der Waals surface area contributed by atoms with Crippen LogP contribution in [0.1, 0.15) is 31.1 Å². The van der Waals surface area contributed by atoms with Crippen LogP contribution in [0.3, 0.4) is 0 Å². The van der Waals surface area contributed by atoms with Crippen molar-refractivity contribution in [3.05, 3.63) is 48.7 Å². The molecule has 0 radical (unpaired) electrons. The minimum Gasteiger partial charge on any atom is -0.468 e. The summed E-state index contributed by atoms with van der Waals surface area (Å²) in [5, 5.41) is 6.48. The van der Waals surface area contributed by atoms with Gasteiger partial charge in [0.15, 0.2) is 5.96 Å². The molecule has 11 heteroatoms. The predicted octanol–water partition coefficient (Wildman–Crippen LogP) is 1.96. The smallest absolute Gasteiger partial charge is 0.242 e. The summed E-state index contributed by atoms with van der Waals surface area (Å²) >= 11 is 0. The number of furan rings is 1. The lowest BCUT2D eigenvalue weighted by Gasteiger charge is -2.33. The van der Waals surface area contributed by atoms with Crippen LogP contribution in [-0.2, 0) is 10.0 Å². The van der Waals surface area contributed by atoms with Crippen LogP contribution in [0.5, 0.6) is 0 Å². The molecule has 0 aliphatic carbocycles. The van der Waals surface area contributed by atoms with E-state index in [-0.39, 0.29) is 41.5 Å². The molecule has 1 aliphatic rings. The third-order valence-electron chi connectivity index (χ3n) is 5.04. The van der Waals surface area contributed by atoms with Gasteiger partial charge in [-0.15, -0.1) is 24.0 Å². The molecule has 1 unspecified atom stereocenters. The van der Waals surface area contributed by atoms with E-state index >= 15 is 0 Å². The zero-order valence-electron chi connectivity index (χ0n) is 17.7. The highest BCUT2D eigenvalue weighted by atomic mass is 127. The molecule has 3 rings (SSSR count). The van der Waals surface area contributed by atoms with E-state index in [1.165, 1.54) is 37.7 Å². The maximum Gasteiger partial charge on any atom is 0.242 e. The van der Waals surface area contributed by atoms with Crippen molar-refractivity contribution in [3.63, 3.8) is 0 Å². The fourth-order valence-corrected chi connectivity index (χ4v) is 4.49. The first-order chi connectivity index (χ1) is 14.6. The second-order valence-electron chi connectivity index (χ2n) is 7.09. The lowest BCUT2D eigenvalue weighted by molar-refractivity contribution is 0.146. The number of piperidine rings is 1. The van der Waals surface area contributed by atoms with Crippen LogP contribution in [0.25, 0.3) is 0 Å². The molecule has 2 aromatic rings. The van der Waals surface area contributed by atoms with E-state index in [1.807, 2.05) is 12.1 Å². The van der Waals surface area contributed by atoms with Crippen LogP contribution >= 0.6 is 24.0 Å². The van der Waals surface area contributed by atoms with Crippen molar-refractivity contribution in [2.75, 3.05) is 39.8 Å². The highest BCUT2D eigenvalue weighted by Gasteiger charge is 2.24. The minimum absolute atomic E-state index is 0. The Morgan fingerprint density at radius 1 is 1.19 bits per heavy atom. The standard InChI is InChI=1S/C20H30N6O3S.HI/c1-21-20(23-10-11-25-30(27,28)17-7-5-9-22-15-17)24-16-18(19-8-6-14-29-19)26-12-3-2-4-13-26;/h5-9,14-15,18,25H,2-4,10-13,16H2,1H3,(H2,21,23,24);1H. The first-order valence-corrected chi connectivity index (χ1v) is 11.7. The quantitative estimate of drug-likeness (QED) is 0.186. The molecule has 0 bridgehead atoms. The van der Waals surface area contributed by atoms with Gasteiger partial charge in [0.05, 0.1) is 12.3 Å². The molecular weight excluding hydrogens is 531 g/mol. The third-order valence-corrected chi connectivity index (χ3v) is 6.49. The summed E-state index contributed by atoms with van der Waals surface area (Å²) in [6.07, 6.45) is 8.23. The topological polar surface area (TPSA) is 112 Å². The second kappa shape index (κ2) is 13.0. The second-order valence-corrected chi connectivity index (χ2v) is 8.86. The van der Waals surface area contributed by atoms with Crippen LogP contribution in [0.2, 0.25) is 0 Å². The Morgan fingerprint density at radius 3 is 2.65 bits per heavy atom. The number of hydrogen-bond donors (Lipinski definition) is 3. The molecule has 9 nitrogen and oxygen atoms in total. The Morgan fingerprint density at radius 2 is 2.00 bits per heavy atom. The molecule has 0 spiro atoms. The van der Waals surface area contributed by atoms with E-state index in [9.17, 15) is 8.42 Å². The highest BCUT2D eigenvalue weighted by molar-refractivity contribution is 14.0. The molecule has 1 fully saturated rings. The molecule has 0 saturated carbocycles. The van der Waals surface area contributed by atoms with E-state index in [0.717, 1.165) is 18.8 Å². The molecule has 1 saturated heterocycles. The number of likely N-dealkylation sites (tertiary alicyclic amines) is 1. The van der Waals surface area contributed by atoms with Crippen molar-refractivity contribution in [2.45, 2.75) is 30.2 Å². The molecule has 0 aromatic carbocycles. The van der Waals surface area contributed by atoms with E-state index in [2.05, 4.69) is 30.2 Å². The van der Waals surface area contributed by atoms with Gasteiger partial charge in [-0.2, -0.15) is 0 Å². The van der Waals surface area contributed by atoms with Gasteiger partial charge < -0.3 is 15.1 Å². The molecular formula is C20H31IN6O3S. The van der Waals surface area contributed by atoms with Gasteiger partial charge in [0.2, 0.25) is 10.0 Å². The first kappa shape index (κ1) is 25.6. The number of sulfonamides is 1. The number of aromatic nitrogens is 1. The summed E-state index contributed by atoms with van der Waals surface area (Å²) < 4.78 is 32.7. The number of guanidine groups is 1. The summed E-state index contributed by atoms with van der Waals surface area (Å²) in [6, 6.07) is 7.15. The summed E-state index contributed by atoms with van der Waals surface area (Å²) in [5.41, 5.74) is 0. The molecule has 31 heavy (non-hydrogen) atoms. The molecule has 1 atom stereocenters. The Balaban J connectivity index is 0.00000341. The van der Waals surface area contributed by atoms with Gasteiger partial charge in [0.1, 0.15) is 10.7 Å². The lowest BCUT2D eigenvalue weighted by Crippen LogP contribution is -2.45. The number of aliphatic imine (C=N–C) groups is 1. The highest BCUT2D eigenvalue weighted by Crippen LogP contribution is 2.24. The Kier molecular flexibility index (Phi) is 10.7. The van der Waals surface area contributed by atoms with E-state index in [4.69, 9.17) is 4.42 Å². The van der Waals surface area contributed by atoms with E-state index < -0.39 is 10.0 Å². The maximum atomic E-state index is 12.2. The molecule has 1 aliphatic heterocycles. The van der Waals surface area contributed by atoms with Crippen LogP contribution in [0.4, 0.5) is 0 Å². The van der Waals surface area contributed by atoms with Gasteiger partial charge >= 0.3 is 0 Å². The van der Waals surface area contributed by atoms with Gasteiger partial charge in [-0.1, -0.05) is 6.42 Å².